The number of hydrogen-bond donors (Lipinski definition) is 1. The molecule has 0 bridgehead atoms. The molecule has 2 aromatic carbocycles. The fraction of sp³-hybridized carbons (Fsp3) is 0.333. The van der Waals surface area contributed by atoms with Gasteiger partial charge in [-0.1, -0.05) is 43.6 Å². The van der Waals surface area contributed by atoms with E-state index in [0.29, 0.717) is 17.3 Å². The number of anilines is 2. The lowest BCUT2D eigenvalue weighted by atomic mass is 10.0. The summed E-state index contributed by atoms with van der Waals surface area (Å²) in [7, 11) is 0. The van der Waals surface area contributed by atoms with Crippen molar-refractivity contribution < 1.29 is 9.59 Å². The van der Waals surface area contributed by atoms with E-state index in [1.165, 1.54) is 0 Å². The molecule has 0 aliphatic carbocycles. The average Bonchev–Trinajstić information content (AvgIpc) is 3.04. The van der Waals surface area contributed by atoms with E-state index in [0.717, 1.165) is 29.7 Å². The molecule has 1 fully saturated rings. The first kappa shape index (κ1) is 18.5. The minimum Gasteiger partial charge on any atom is -0.326 e. The Labute approximate surface area is 159 Å². The van der Waals surface area contributed by atoms with Gasteiger partial charge in [0.15, 0.2) is 0 Å². The molecule has 4 nitrogen and oxygen atoms in total. The smallest absolute Gasteiger partial charge is 0.229 e. The average molecular weight is 371 g/mol. The molecule has 1 heterocycles. The molecule has 0 unspecified atom stereocenters. The highest BCUT2D eigenvalue weighted by Gasteiger charge is 2.36. The lowest BCUT2D eigenvalue weighted by molar-refractivity contribution is -0.122. The van der Waals surface area contributed by atoms with Crippen LogP contribution in [0.5, 0.6) is 0 Å². The number of rotatable bonds is 5. The zero-order valence-electron chi connectivity index (χ0n) is 15.1. The number of benzene rings is 2. The number of para-hydroxylation sites is 1. The van der Waals surface area contributed by atoms with Gasteiger partial charge in [-0.05, 0) is 48.2 Å². The standard InChI is InChI=1S/C21H23ClN2O2/c1-3-14-6-5-7-15(4-2)20(14)24-13-16(12-19(24)25)21(26)23-18-10-8-17(22)9-11-18/h5-11,16H,3-4,12-13H2,1-2H3,(H,23,26)/t16-/m0/s1. The summed E-state index contributed by atoms with van der Waals surface area (Å²) in [5.41, 5.74) is 3.98. The number of amides is 2. The maximum atomic E-state index is 12.7. The number of aryl methyl sites for hydroxylation is 2. The zero-order valence-corrected chi connectivity index (χ0v) is 15.8. The van der Waals surface area contributed by atoms with Crippen molar-refractivity contribution in [3.05, 3.63) is 58.6 Å². The van der Waals surface area contributed by atoms with Gasteiger partial charge in [-0.25, -0.2) is 0 Å². The monoisotopic (exact) mass is 370 g/mol. The molecule has 0 radical (unpaired) electrons. The topological polar surface area (TPSA) is 49.4 Å². The zero-order chi connectivity index (χ0) is 18.7. The SMILES string of the molecule is CCc1cccc(CC)c1N1C[C@@H](C(=O)Nc2ccc(Cl)cc2)CC1=O. The van der Waals surface area contributed by atoms with E-state index in [1.807, 2.05) is 6.07 Å². The summed E-state index contributed by atoms with van der Waals surface area (Å²) >= 11 is 5.87. The van der Waals surface area contributed by atoms with E-state index in [2.05, 4.69) is 31.3 Å². The predicted molar refractivity (Wildman–Crippen MR) is 106 cm³/mol. The summed E-state index contributed by atoms with van der Waals surface area (Å²) in [4.78, 5) is 27.1. The molecule has 136 valence electrons. The lowest BCUT2D eigenvalue weighted by Gasteiger charge is -2.23. The van der Waals surface area contributed by atoms with Gasteiger partial charge < -0.3 is 10.2 Å². The second-order valence-corrected chi connectivity index (χ2v) is 6.97. The molecule has 0 saturated carbocycles. The first-order valence-electron chi connectivity index (χ1n) is 9.01. The third-order valence-corrected chi connectivity index (χ3v) is 5.09. The molecule has 1 aliphatic rings. The Balaban J connectivity index is 1.79. The molecule has 2 aromatic rings. The van der Waals surface area contributed by atoms with E-state index in [-0.39, 0.29) is 24.2 Å². The quantitative estimate of drug-likeness (QED) is 0.844. The number of carbonyl (C=O) groups is 2. The summed E-state index contributed by atoms with van der Waals surface area (Å²) in [6, 6.07) is 13.1. The minimum absolute atomic E-state index is 0.0110. The molecular formula is C21H23ClN2O2. The Kier molecular flexibility index (Phi) is 5.62. The Bertz CT molecular complexity index is 795. The van der Waals surface area contributed by atoms with Crippen LogP contribution in [0.25, 0.3) is 0 Å². The molecule has 26 heavy (non-hydrogen) atoms. The van der Waals surface area contributed by atoms with Crippen LogP contribution in [0.4, 0.5) is 11.4 Å². The summed E-state index contributed by atoms with van der Waals surface area (Å²) in [6.45, 7) is 4.59. The van der Waals surface area contributed by atoms with Crippen molar-refractivity contribution in [2.45, 2.75) is 33.1 Å². The molecule has 0 spiro atoms. The highest BCUT2D eigenvalue weighted by atomic mass is 35.5. The van der Waals surface area contributed by atoms with E-state index in [4.69, 9.17) is 11.6 Å². The van der Waals surface area contributed by atoms with Gasteiger partial charge in [0, 0.05) is 29.4 Å². The molecule has 1 saturated heterocycles. The number of carbonyl (C=O) groups excluding carboxylic acids is 2. The predicted octanol–water partition coefficient (Wildman–Crippen LogP) is 4.46. The van der Waals surface area contributed by atoms with Gasteiger partial charge in [-0.2, -0.15) is 0 Å². The van der Waals surface area contributed by atoms with Gasteiger partial charge in [-0.3, -0.25) is 9.59 Å². The minimum atomic E-state index is -0.354. The molecule has 5 heteroatoms. The van der Waals surface area contributed by atoms with Crippen LogP contribution < -0.4 is 10.2 Å². The molecule has 1 N–H and O–H groups in total. The second kappa shape index (κ2) is 7.92. The van der Waals surface area contributed by atoms with Crippen LogP contribution >= 0.6 is 11.6 Å². The maximum Gasteiger partial charge on any atom is 0.229 e. The highest BCUT2D eigenvalue weighted by Crippen LogP contribution is 2.32. The Morgan fingerprint density at radius 3 is 2.31 bits per heavy atom. The van der Waals surface area contributed by atoms with Gasteiger partial charge in [0.1, 0.15) is 0 Å². The third kappa shape index (κ3) is 3.75. The van der Waals surface area contributed by atoms with Crippen molar-refractivity contribution in [3.8, 4) is 0 Å². The van der Waals surface area contributed by atoms with Crippen molar-refractivity contribution in [1.29, 1.82) is 0 Å². The van der Waals surface area contributed by atoms with Crippen LogP contribution in [-0.2, 0) is 22.4 Å². The van der Waals surface area contributed by atoms with Crippen LogP contribution in [0, 0.1) is 5.92 Å². The summed E-state index contributed by atoms with van der Waals surface area (Å²) in [6.07, 6.45) is 1.95. The Morgan fingerprint density at radius 2 is 1.73 bits per heavy atom. The van der Waals surface area contributed by atoms with Crippen LogP contribution in [0.3, 0.4) is 0 Å². The van der Waals surface area contributed by atoms with Gasteiger partial charge in [-0.15, -0.1) is 0 Å². The van der Waals surface area contributed by atoms with Gasteiger partial charge >= 0.3 is 0 Å². The molecular weight excluding hydrogens is 348 g/mol. The van der Waals surface area contributed by atoms with Gasteiger partial charge in [0.05, 0.1) is 5.92 Å². The summed E-state index contributed by atoms with van der Waals surface area (Å²) in [5, 5.41) is 3.50. The fourth-order valence-corrected chi connectivity index (χ4v) is 3.56. The number of halogens is 1. The van der Waals surface area contributed by atoms with E-state index >= 15 is 0 Å². The normalized spacial score (nSPS) is 16.8. The van der Waals surface area contributed by atoms with E-state index < -0.39 is 0 Å². The molecule has 1 aliphatic heterocycles. The number of nitrogens with one attached hydrogen (secondary N) is 1. The van der Waals surface area contributed by atoms with Crippen molar-refractivity contribution in [1.82, 2.24) is 0 Å². The van der Waals surface area contributed by atoms with Crippen LogP contribution in [0.2, 0.25) is 5.02 Å². The van der Waals surface area contributed by atoms with Crippen LogP contribution in [-0.4, -0.2) is 18.4 Å². The maximum absolute atomic E-state index is 12.7. The van der Waals surface area contributed by atoms with Crippen molar-refractivity contribution in [2.75, 3.05) is 16.8 Å². The second-order valence-electron chi connectivity index (χ2n) is 6.53. The van der Waals surface area contributed by atoms with E-state index in [9.17, 15) is 9.59 Å². The first-order chi connectivity index (χ1) is 12.5. The van der Waals surface area contributed by atoms with Crippen LogP contribution in [0.1, 0.15) is 31.4 Å². The third-order valence-electron chi connectivity index (χ3n) is 4.84. The Morgan fingerprint density at radius 1 is 1.12 bits per heavy atom. The largest absolute Gasteiger partial charge is 0.326 e. The molecule has 1 atom stereocenters. The Hall–Kier alpha value is -2.33. The van der Waals surface area contributed by atoms with Crippen molar-refractivity contribution in [2.24, 2.45) is 5.92 Å². The lowest BCUT2D eigenvalue weighted by Crippen LogP contribution is -2.29. The highest BCUT2D eigenvalue weighted by molar-refractivity contribution is 6.30. The molecule has 0 aromatic heterocycles. The van der Waals surface area contributed by atoms with Gasteiger partial charge in [0.2, 0.25) is 11.8 Å². The number of nitrogens with zero attached hydrogens (tertiary/aromatic N) is 1. The van der Waals surface area contributed by atoms with Gasteiger partial charge in [0.25, 0.3) is 0 Å². The van der Waals surface area contributed by atoms with Crippen molar-refractivity contribution >= 4 is 34.8 Å². The summed E-state index contributed by atoms with van der Waals surface area (Å²) in [5.74, 6) is -0.472. The molecule has 3 rings (SSSR count). The van der Waals surface area contributed by atoms with E-state index in [1.54, 1.807) is 29.2 Å². The fourth-order valence-electron chi connectivity index (χ4n) is 3.44. The van der Waals surface area contributed by atoms with Crippen LogP contribution in [0.15, 0.2) is 42.5 Å². The first-order valence-corrected chi connectivity index (χ1v) is 9.38. The van der Waals surface area contributed by atoms with Crippen molar-refractivity contribution in [3.63, 3.8) is 0 Å². The number of hydrogen-bond acceptors (Lipinski definition) is 2. The summed E-state index contributed by atoms with van der Waals surface area (Å²) < 4.78 is 0. The molecule has 2 amide bonds.